The molecule has 0 aliphatic carbocycles. The third-order valence-corrected chi connectivity index (χ3v) is 4.27. The molecule has 2 aromatic carbocycles. The van der Waals surface area contributed by atoms with Gasteiger partial charge in [0.25, 0.3) is 0 Å². The van der Waals surface area contributed by atoms with Crippen LogP contribution in [0.1, 0.15) is 12.0 Å². The van der Waals surface area contributed by atoms with Crippen molar-refractivity contribution in [2.75, 3.05) is 23.7 Å². The highest BCUT2D eigenvalue weighted by molar-refractivity contribution is 6.31. The van der Waals surface area contributed by atoms with Crippen molar-refractivity contribution in [2.24, 2.45) is 4.99 Å². The Morgan fingerprint density at radius 2 is 1.91 bits per heavy atom. The van der Waals surface area contributed by atoms with Crippen LogP contribution in [0.2, 0.25) is 5.02 Å². The first-order valence-corrected chi connectivity index (χ1v) is 7.89. The minimum absolute atomic E-state index is 0.316. The minimum atomic E-state index is 0.316. The largest absolute Gasteiger partial charge is 0.353 e. The van der Waals surface area contributed by atoms with Gasteiger partial charge in [-0.05, 0) is 43.3 Å². The molecule has 1 saturated heterocycles. The molecule has 1 atom stereocenters. The van der Waals surface area contributed by atoms with Gasteiger partial charge in [0, 0.05) is 22.8 Å². The van der Waals surface area contributed by atoms with Crippen molar-refractivity contribution >= 4 is 34.5 Å². The molecule has 2 aliphatic heterocycles. The average molecular weight is 313 g/mol. The molecule has 2 aromatic rings. The molecule has 5 heteroatoms. The number of nitrogens with zero attached hydrogens (tertiary/aromatic N) is 1. The smallest absolute Gasteiger partial charge is 0.135 e. The van der Waals surface area contributed by atoms with Gasteiger partial charge in [-0.25, -0.2) is 0 Å². The van der Waals surface area contributed by atoms with Crippen molar-refractivity contribution in [1.29, 1.82) is 0 Å². The summed E-state index contributed by atoms with van der Waals surface area (Å²) in [6.45, 7) is 1.97. The lowest BCUT2D eigenvalue weighted by atomic mass is 10.1. The lowest BCUT2D eigenvalue weighted by Crippen LogP contribution is -2.19. The first-order chi connectivity index (χ1) is 10.8. The van der Waals surface area contributed by atoms with Crippen molar-refractivity contribution < 1.29 is 0 Å². The molecule has 0 saturated carbocycles. The minimum Gasteiger partial charge on any atom is -0.353 e. The lowest BCUT2D eigenvalue weighted by molar-refractivity contribution is 0.744. The highest BCUT2D eigenvalue weighted by atomic mass is 35.5. The van der Waals surface area contributed by atoms with Crippen LogP contribution >= 0.6 is 11.6 Å². The van der Waals surface area contributed by atoms with Crippen LogP contribution in [0.4, 0.5) is 17.1 Å². The van der Waals surface area contributed by atoms with Crippen molar-refractivity contribution in [2.45, 2.75) is 12.5 Å². The van der Waals surface area contributed by atoms with Crippen LogP contribution in [0.5, 0.6) is 0 Å². The van der Waals surface area contributed by atoms with E-state index in [0.717, 1.165) is 48.0 Å². The zero-order valence-electron chi connectivity index (χ0n) is 12.1. The van der Waals surface area contributed by atoms with E-state index in [2.05, 4.69) is 28.1 Å². The van der Waals surface area contributed by atoms with Gasteiger partial charge in [0.05, 0.1) is 17.4 Å². The summed E-state index contributed by atoms with van der Waals surface area (Å²) in [5.41, 5.74) is 4.10. The Morgan fingerprint density at radius 1 is 1.00 bits per heavy atom. The maximum atomic E-state index is 6.14. The third-order valence-electron chi connectivity index (χ3n) is 4.03. The van der Waals surface area contributed by atoms with Crippen molar-refractivity contribution in [1.82, 2.24) is 5.32 Å². The lowest BCUT2D eigenvalue weighted by Gasteiger charge is -2.12. The van der Waals surface area contributed by atoms with E-state index in [1.807, 2.05) is 30.3 Å². The van der Waals surface area contributed by atoms with Crippen LogP contribution in [-0.2, 0) is 0 Å². The summed E-state index contributed by atoms with van der Waals surface area (Å²) in [6, 6.07) is 14.3. The Bertz CT molecular complexity index is 735. The Kier molecular flexibility index (Phi) is 3.48. The molecule has 22 heavy (non-hydrogen) atoms. The molecule has 4 nitrogen and oxygen atoms in total. The van der Waals surface area contributed by atoms with Crippen molar-refractivity contribution in [3.05, 3.63) is 53.1 Å². The molecular weight excluding hydrogens is 296 g/mol. The van der Waals surface area contributed by atoms with E-state index < -0.39 is 0 Å². The van der Waals surface area contributed by atoms with Crippen LogP contribution in [0.15, 0.2) is 47.5 Å². The number of aliphatic imine (C=N–C) groups is 1. The van der Waals surface area contributed by atoms with Gasteiger partial charge in [0.2, 0.25) is 0 Å². The van der Waals surface area contributed by atoms with E-state index in [-0.39, 0.29) is 0 Å². The summed E-state index contributed by atoms with van der Waals surface area (Å²) in [5.74, 6) is 0.901. The van der Waals surface area contributed by atoms with E-state index >= 15 is 0 Å². The Labute approximate surface area is 134 Å². The van der Waals surface area contributed by atoms with Crippen molar-refractivity contribution in [3.63, 3.8) is 0 Å². The number of rotatable bonds is 1. The monoisotopic (exact) mass is 312 g/mol. The van der Waals surface area contributed by atoms with E-state index in [0.29, 0.717) is 11.1 Å². The van der Waals surface area contributed by atoms with Crippen molar-refractivity contribution in [3.8, 4) is 0 Å². The quantitative estimate of drug-likeness (QED) is 0.754. The molecule has 1 fully saturated rings. The number of anilines is 3. The number of fused-ring (bicyclic) bond motifs is 2. The topological polar surface area (TPSA) is 48.5 Å². The van der Waals surface area contributed by atoms with Crippen LogP contribution < -0.4 is 16.0 Å². The average Bonchev–Trinajstić information content (AvgIpc) is 2.97. The zero-order chi connectivity index (χ0) is 14.9. The Balaban J connectivity index is 1.82. The van der Waals surface area contributed by atoms with Gasteiger partial charge in [-0.15, -0.1) is 0 Å². The molecule has 0 bridgehead atoms. The first kappa shape index (κ1) is 13.6. The summed E-state index contributed by atoms with van der Waals surface area (Å²) >= 11 is 6.14. The summed E-state index contributed by atoms with van der Waals surface area (Å²) in [4.78, 5) is 4.92. The highest BCUT2D eigenvalue weighted by Gasteiger charge is 2.20. The van der Waals surface area contributed by atoms with E-state index in [9.17, 15) is 0 Å². The molecule has 0 aromatic heterocycles. The number of amidine groups is 1. The summed E-state index contributed by atoms with van der Waals surface area (Å²) in [7, 11) is 0. The molecule has 0 radical (unpaired) electrons. The van der Waals surface area contributed by atoms with Crippen LogP contribution in [0.3, 0.4) is 0 Å². The predicted octanol–water partition coefficient (Wildman–Crippen LogP) is 3.62. The second-order valence-corrected chi connectivity index (χ2v) is 6.05. The molecular formula is C17H17ClN4. The maximum absolute atomic E-state index is 6.14. The van der Waals surface area contributed by atoms with E-state index in [1.165, 1.54) is 0 Å². The second kappa shape index (κ2) is 5.63. The predicted molar refractivity (Wildman–Crippen MR) is 92.6 cm³/mol. The number of hydrogen-bond donors (Lipinski definition) is 3. The summed E-state index contributed by atoms with van der Waals surface area (Å²) in [6.07, 6.45) is 1.07. The number of benzene rings is 2. The number of hydrogen-bond acceptors (Lipinski definition) is 3. The third kappa shape index (κ3) is 2.56. The van der Waals surface area contributed by atoms with Crippen LogP contribution in [-0.4, -0.2) is 25.0 Å². The first-order valence-electron chi connectivity index (χ1n) is 7.51. The van der Waals surface area contributed by atoms with Gasteiger partial charge >= 0.3 is 0 Å². The fourth-order valence-corrected chi connectivity index (χ4v) is 3.07. The van der Waals surface area contributed by atoms with Gasteiger partial charge in [-0.2, -0.15) is 0 Å². The molecule has 3 N–H and O–H groups in total. The summed E-state index contributed by atoms with van der Waals surface area (Å²) in [5, 5.41) is 11.0. The summed E-state index contributed by atoms with van der Waals surface area (Å²) < 4.78 is 0. The second-order valence-electron chi connectivity index (χ2n) is 5.61. The van der Waals surface area contributed by atoms with Gasteiger partial charge < -0.3 is 16.0 Å². The Hall–Kier alpha value is -2.04. The number of nitrogens with one attached hydrogen (secondary N) is 3. The fraction of sp³-hybridized carbons (Fsp3) is 0.235. The zero-order valence-corrected chi connectivity index (χ0v) is 12.8. The fourth-order valence-electron chi connectivity index (χ4n) is 2.90. The number of para-hydroxylation sites is 1. The van der Waals surface area contributed by atoms with Crippen LogP contribution in [0, 0.1) is 0 Å². The van der Waals surface area contributed by atoms with E-state index in [1.54, 1.807) is 0 Å². The normalized spacial score (nSPS) is 21.5. The van der Waals surface area contributed by atoms with Gasteiger partial charge in [0.1, 0.15) is 5.84 Å². The van der Waals surface area contributed by atoms with Gasteiger partial charge in [-0.3, -0.25) is 4.99 Å². The Morgan fingerprint density at radius 3 is 2.77 bits per heavy atom. The molecule has 4 rings (SSSR count). The molecule has 112 valence electrons. The molecule has 0 amide bonds. The molecule has 2 heterocycles. The van der Waals surface area contributed by atoms with Gasteiger partial charge in [-0.1, -0.05) is 23.7 Å². The highest BCUT2D eigenvalue weighted by Crippen LogP contribution is 2.34. The van der Waals surface area contributed by atoms with Crippen LogP contribution in [0.25, 0.3) is 0 Å². The standard InChI is InChI=1S/C17H17ClN4/c18-11-5-6-15-16(9-11)22-17(20-12-7-8-19-10-12)13-3-1-2-4-14(13)21-15/h1-6,9,12,19,21H,7-8,10H2,(H,20,22). The van der Waals surface area contributed by atoms with E-state index in [4.69, 9.17) is 16.6 Å². The van der Waals surface area contributed by atoms with Gasteiger partial charge in [0.15, 0.2) is 0 Å². The molecule has 2 aliphatic rings. The SMILES string of the molecule is Clc1ccc2c(c1)NC(=NC1CCNC1)c1ccccc1N2. The maximum Gasteiger partial charge on any atom is 0.135 e. The molecule has 1 unspecified atom stereocenters. The number of halogens is 1. The molecule has 0 spiro atoms.